The fourth-order valence-corrected chi connectivity index (χ4v) is 1.19. The van der Waals surface area contributed by atoms with Crippen molar-refractivity contribution >= 4 is 16.9 Å². The SMILES string of the molecule is CN(C)c1ccc2cccnc2n1. The van der Waals surface area contributed by atoms with Gasteiger partial charge < -0.3 is 4.90 Å². The molecule has 0 saturated heterocycles. The van der Waals surface area contributed by atoms with Gasteiger partial charge in [-0.25, -0.2) is 9.97 Å². The molecule has 13 heavy (non-hydrogen) atoms. The Labute approximate surface area is 77.0 Å². The van der Waals surface area contributed by atoms with Crippen molar-refractivity contribution in [3.8, 4) is 0 Å². The van der Waals surface area contributed by atoms with Crippen molar-refractivity contribution in [1.82, 2.24) is 9.97 Å². The normalized spacial score (nSPS) is 10.3. The van der Waals surface area contributed by atoms with E-state index >= 15 is 0 Å². The highest BCUT2D eigenvalue weighted by atomic mass is 15.1. The number of pyridine rings is 2. The van der Waals surface area contributed by atoms with Gasteiger partial charge in [0.2, 0.25) is 0 Å². The number of aromatic nitrogens is 2. The minimum Gasteiger partial charge on any atom is -0.363 e. The molecule has 0 aromatic carbocycles. The van der Waals surface area contributed by atoms with E-state index in [9.17, 15) is 0 Å². The average Bonchev–Trinajstić information content (AvgIpc) is 2.17. The first-order valence-corrected chi connectivity index (χ1v) is 4.16. The van der Waals surface area contributed by atoms with Crippen molar-refractivity contribution in [2.75, 3.05) is 19.0 Å². The summed E-state index contributed by atoms with van der Waals surface area (Å²) in [6, 6.07) is 7.95. The molecule has 2 aromatic rings. The molecule has 0 atom stereocenters. The summed E-state index contributed by atoms with van der Waals surface area (Å²) in [5.41, 5.74) is 0.800. The minimum absolute atomic E-state index is 0.800. The molecule has 0 aliphatic rings. The van der Waals surface area contributed by atoms with Gasteiger partial charge in [0, 0.05) is 25.7 Å². The molecule has 0 unspecified atom stereocenters. The maximum atomic E-state index is 4.39. The van der Waals surface area contributed by atoms with Crippen molar-refractivity contribution in [3.05, 3.63) is 30.5 Å². The highest BCUT2D eigenvalue weighted by molar-refractivity contribution is 5.76. The van der Waals surface area contributed by atoms with Gasteiger partial charge in [-0.1, -0.05) is 0 Å². The fourth-order valence-electron chi connectivity index (χ4n) is 1.19. The molecule has 0 bridgehead atoms. The van der Waals surface area contributed by atoms with Crippen molar-refractivity contribution in [3.63, 3.8) is 0 Å². The number of fused-ring (bicyclic) bond motifs is 1. The van der Waals surface area contributed by atoms with Crippen LogP contribution in [0.3, 0.4) is 0 Å². The van der Waals surface area contributed by atoms with Gasteiger partial charge in [-0.3, -0.25) is 0 Å². The van der Waals surface area contributed by atoms with Crippen molar-refractivity contribution in [1.29, 1.82) is 0 Å². The monoisotopic (exact) mass is 173 g/mol. The summed E-state index contributed by atoms with van der Waals surface area (Å²) in [5.74, 6) is 0.936. The van der Waals surface area contributed by atoms with Gasteiger partial charge in [-0.15, -0.1) is 0 Å². The zero-order valence-electron chi connectivity index (χ0n) is 7.73. The van der Waals surface area contributed by atoms with Crippen LogP contribution in [-0.4, -0.2) is 24.1 Å². The molecule has 3 heteroatoms. The van der Waals surface area contributed by atoms with E-state index in [2.05, 4.69) is 9.97 Å². The lowest BCUT2D eigenvalue weighted by molar-refractivity contribution is 1.07. The second-order valence-electron chi connectivity index (χ2n) is 3.11. The third-order valence-electron chi connectivity index (χ3n) is 1.91. The molecule has 66 valence electrons. The van der Waals surface area contributed by atoms with Crippen LogP contribution in [0.5, 0.6) is 0 Å². The number of anilines is 1. The molecule has 0 aliphatic heterocycles. The summed E-state index contributed by atoms with van der Waals surface area (Å²) in [7, 11) is 3.94. The molecule has 0 saturated carbocycles. The smallest absolute Gasteiger partial charge is 0.161 e. The highest BCUT2D eigenvalue weighted by Crippen LogP contribution is 2.13. The maximum Gasteiger partial charge on any atom is 0.161 e. The van der Waals surface area contributed by atoms with Crippen molar-refractivity contribution < 1.29 is 0 Å². The van der Waals surface area contributed by atoms with Gasteiger partial charge in [0.1, 0.15) is 5.82 Å². The third kappa shape index (κ3) is 1.45. The van der Waals surface area contributed by atoms with Crippen LogP contribution >= 0.6 is 0 Å². The second kappa shape index (κ2) is 3.01. The molecule has 2 aromatic heterocycles. The summed E-state index contributed by atoms with van der Waals surface area (Å²) in [4.78, 5) is 10.5. The van der Waals surface area contributed by atoms with Gasteiger partial charge in [0.05, 0.1) is 0 Å². The van der Waals surface area contributed by atoms with Crippen LogP contribution in [0.1, 0.15) is 0 Å². The van der Waals surface area contributed by atoms with E-state index in [1.807, 2.05) is 43.3 Å². The summed E-state index contributed by atoms with van der Waals surface area (Å²) in [6.07, 6.45) is 1.76. The standard InChI is InChI=1S/C10H11N3/c1-13(2)9-6-5-8-4-3-7-11-10(8)12-9/h3-7H,1-2H3. The molecule has 0 aliphatic carbocycles. The lowest BCUT2D eigenvalue weighted by atomic mass is 10.3. The van der Waals surface area contributed by atoms with E-state index in [1.165, 1.54) is 0 Å². The number of nitrogens with zero attached hydrogens (tertiary/aromatic N) is 3. The van der Waals surface area contributed by atoms with Crippen LogP contribution in [0, 0.1) is 0 Å². The summed E-state index contributed by atoms with van der Waals surface area (Å²) < 4.78 is 0. The summed E-state index contributed by atoms with van der Waals surface area (Å²) in [5, 5.41) is 1.08. The third-order valence-corrected chi connectivity index (χ3v) is 1.91. The Bertz CT molecular complexity index is 423. The number of hydrogen-bond acceptors (Lipinski definition) is 3. The Balaban J connectivity index is 2.62. The van der Waals surface area contributed by atoms with Crippen LogP contribution in [-0.2, 0) is 0 Å². The molecule has 2 rings (SSSR count). The molecule has 3 nitrogen and oxygen atoms in total. The first-order chi connectivity index (χ1) is 6.27. The predicted molar refractivity (Wildman–Crippen MR) is 53.9 cm³/mol. The van der Waals surface area contributed by atoms with Crippen LogP contribution in [0.25, 0.3) is 11.0 Å². The zero-order valence-corrected chi connectivity index (χ0v) is 7.73. The first kappa shape index (κ1) is 7.98. The molecule has 0 radical (unpaired) electrons. The highest BCUT2D eigenvalue weighted by Gasteiger charge is 1.98. The van der Waals surface area contributed by atoms with E-state index in [1.54, 1.807) is 6.20 Å². The van der Waals surface area contributed by atoms with Crippen LogP contribution in [0.15, 0.2) is 30.5 Å². The van der Waals surface area contributed by atoms with E-state index < -0.39 is 0 Å². The van der Waals surface area contributed by atoms with Gasteiger partial charge in [-0.05, 0) is 24.3 Å². The van der Waals surface area contributed by atoms with Crippen LogP contribution in [0.4, 0.5) is 5.82 Å². The summed E-state index contributed by atoms with van der Waals surface area (Å²) in [6.45, 7) is 0. The van der Waals surface area contributed by atoms with Crippen LogP contribution in [0.2, 0.25) is 0 Å². The van der Waals surface area contributed by atoms with E-state index in [4.69, 9.17) is 0 Å². The van der Waals surface area contributed by atoms with E-state index in [0.29, 0.717) is 0 Å². The Kier molecular flexibility index (Phi) is 1.85. The lowest BCUT2D eigenvalue weighted by Gasteiger charge is -2.10. The Morgan fingerprint density at radius 1 is 1.15 bits per heavy atom. The maximum absolute atomic E-state index is 4.39. The average molecular weight is 173 g/mol. The first-order valence-electron chi connectivity index (χ1n) is 4.16. The molecule has 2 heterocycles. The fraction of sp³-hybridized carbons (Fsp3) is 0.200. The minimum atomic E-state index is 0.800. The molecule has 0 spiro atoms. The lowest BCUT2D eigenvalue weighted by Crippen LogP contribution is -2.10. The molecular formula is C10H11N3. The molecular weight excluding hydrogens is 162 g/mol. The van der Waals surface area contributed by atoms with Crippen molar-refractivity contribution in [2.24, 2.45) is 0 Å². The topological polar surface area (TPSA) is 29.0 Å². The molecule has 0 fully saturated rings. The molecule has 0 amide bonds. The number of rotatable bonds is 1. The van der Waals surface area contributed by atoms with Crippen LogP contribution < -0.4 is 4.90 Å². The second-order valence-corrected chi connectivity index (χ2v) is 3.11. The van der Waals surface area contributed by atoms with E-state index in [0.717, 1.165) is 16.9 Å². The van der Waals surface area contributed by atoms with Gasteiger partial charge in [0.25, 0.3) is 0 Å². The van der Waals surface area contributed by atoms with Crippen molar-refractivity contribution in [2.45, 2.75) is 0 Å². The van der Waals surface area contributed by atoms with E-state index in [-0.39, 0.29) is 0 Å². The zero-order chi connectivity index (χ0) is 9.26. The Morgan fingerprint density at radius 2 is 2.00 bits per heavy atom. The predicted octanol–water partition coefficient (Wildman–Crippen LogP) is 1.70. The van der Waals surface area contributed by atoms with Gasteiger partial charge in [-0.2, -0.15) is 0 Å². The molecule has 0 N–H and O–H groups in total. The Morgan fingerprint density at radius 3 is 2.77 bits per heavy atom. The quantitative estimate of drug-likeness (QED) is 0.657. The van der Waals surface area contributed by atoms with Gasteiger partial charge in [0.15, 0.2) is 5.65 Å². The Hall–Kier alpha value is -1.64. The summed E-state index contributed by atoms with van der Waals surface area (Å²) >= 11 is 0. The largest absolute Gasteiger partial charge is 0.363 e. The number of hydrogen-bond donors (Lipinski definition) is 0. The van der Waals surface area contributed by atoms with Gasteiger partial charge >= 0.3 is 0 Å².